The number of anilines is 1. The van der Waals surface area contributed by atoms with Crippen LogP contribution in [-0.4, -0.2) is 54.9 Å². The number of hydrogen-bond donors (Lipinski definition) is 3. The van der Waals surface area contributed by atoms with E-state index >= 15 is 0 Å². The highest BCUT2D eigenvalue weighted by Crippen LogP contribution is 2.34. The Kier molecular flexibility index (Phi) is 5.45. The van der Waals surface area contributed by atoms with Crippen LogP contribution in [-0.2, 0) is 0 Å². The van der Waals surface area contributed by atoms with Gasteiger partial charge in [-0.15, -0.1) is 0 Å². The lowest BCUT2D eigenvalue weighted by atomic mass is 10.0. The molecule has 188 valence electrons. The van der Waals surface area contributed by atoms with Crippen LogP contribution < -0.4 is 11.2 Å². The lowest BCUT2D eigenvalue weighted by molar-refractivity contribution is 0.230. The molecule has 11 heteroatoms. The third-order valence-electron chi connectivity index (χ3n) is 6.21. The quantitative estimate of drug-likeness (QED) is 0.298. The Balaban J connectivity index is 1.45. The van der Waals surface area contributed by atoms with Gasteiger partial charge in [0.05, 0.1) is 28.3 Å². The van der Waals surface area contributed by atoms with Gasteiger partial charge in [0.2, 0.25) is 0 Å². The predicted molar refractivity (Wildman–Crippen MR) is 144 cm³/mol. The fourth-order valence-corrected chi connectivity index (χ4v) is 4.31. The maximum absolute atomic E-state index is 13.9. The molecule has 0 unspecified atom stereocenters. The van der Waals surface area contributed by atoms with E-state index in [1.807, 2.05) is 36.4 Å². The Morgan fingerprint density at radius 2 is 1.84 bits per heavy atom. The third-order valence-corrected chi connectivity index (χ3v) is 6.21. The van der Waals surface area contributed by atoms with Crippen molar-refractivity contribution in [1.29, 1.82) is 0 Å². The summed E-state index contributed by atoms with van der Waals surface area (Å²) >= 11 is 0. The standard InChI is InChI=1S/C27H22FN9O/c1-36(2)27(38)32-19-10-16(12-30-14-19)17-11-21-24(34-35-25(21)31-13-17)26-33-23-20(7-4-8-22(23)37(26)29)15-5-3-6-18(28)9-15/h3-14H,29H2,1-2H3,(H,32,38)(H,31,34,35). The van der Waals surface area contributed by atoms with Gasteiger partial charge in [0, 0.05) is 43.2 Å². The number of nitrogens with two attached hydrogens (primary N) is 1. The van der Waals surface area contributed by atoms with E-state index in [-0.39, 0.29) is 11.8 Å². The molecule has 0 fully saturated rings. The minimum Gasteiger partial charge on any atom is -0.337 e. The topological polar surface area (TPSA) is 131 Å². The Morgan fingerprint density at radius 3 is 2.66 bits per heavy atom. The minimum absolute atomic E-state index is 0.255. The molecule has 0 saturated carbocycles. The fraction of sp³-hybridized carbons (Fsp3) is 0.0741. The van der Waals surface area contributed by atoms with Crippen LogP contribution in [0.4, 0.5) is 14.9 Å². The lowest BCUT2D eigenvalue weighted by Crippen LogP contribution is -2.27. The molecule has 0 saturated heterocycles. The smallest absolute Gasteiger partial charge is 0.321 e. The van der Waals surface area contributed by atoms with Crippen LogP contribution in [0.1, 0.15) is 0 Å². The van der Waals surface area contributed by atoms with Gasteiger partial charge in [-0.2, -0.15) is 5.10 Å². The number of para-hydroxylation sites is 1. The van der Waals surface area contributed by atoms with Crippen molar-refractivity contribution in [3.05, 3.63) is 79.0 Å². The van der Waals surface area contributed by atoms with Gasteiger partial charge in [0.1, 0.15) is 11.5 Å². The first-order valence-electron chi connectivity index (χ1n) is 11.7. The second-order valence-electron chi connectivity index (χ2n) is 8.97. The number of halogens is 1. The molecule has 4 N–H and O–H groups in total. The number of nitrogen functional groups attached to an aromatic ring is 1. The average Bonchev–Trinajstić information content (AvgIpc) is 3.49. The van der Waals surface area contributed by atoms with Crippen LogP contribution in [0.2, 0.25) is 0 Å². The van der Waals surface area contributed by atoms with E-state index in [1.165, 1.54) is 21.7 Å². The van der Waals surface area contributed by atoms with E-state index in [9.17, 15) is 9.18 Å². The highest BCUT2D eigenvalue weighted by Gasteiger charge is 2.20. The van der Waals surface area contributed by atoms with E-state index in [0.29, 0.717) is 44.8 Å². The number of pyridine rings is 2. The Labute approximate surface area is 215 Å². The third kappa shape index (κ3) is 3.95. The molecule has 0 aliphatic rings. The summed E-state index contributed by atoms with van der Waals surface area (Å²) in [5, 5.41) is 10.9. The summed E-state index contributed by atoms with van der Waals surface area (Å²) in [5.74, 6) is 6.59. The van der Waals surface area contributed by atoms with E-state index < -0.39 is 0 Å². The number of aromatic amines is 1. The monoisotopic (exact) mass is 507 g/mol. The van der Waals surface area contributed by atoms with Crippen molar-refractivity contribution in [3.63, 3.8) is 0 Å². The van der Waals surface area contributed by atoms with Gasteiger partial charge in [-0.05, 0) is 35.9 Å². The molecule has 4 aromatic heterocycles. The number of H-pyrrole nitrogens is 1. The summed E-state index contributed by atoms with van der Waals surface area (Å²) in [6.07, 6.45) is 4.97. The zero-order valence-electron chi connectivity index (χ0n) is 20.5. The molecule has 0 spiro atoms. The van der Waals surface area contributed by atoms with E-state index in [1.54, 1.807) is 38.8 Å². The highest BCUT2D eigenvalue weighted by atomic mass is 19.1. The summed E-state index contributed by atoms with van der Waals surface area (Å²) < 4.78 is 15.4. The number of nitrogens with one attached hydrogen (secondary N) is 2. The molecule has 0 bridgehead atoms. The van der Waals surface area contributed by atoms with Gasteiger partial charge >= 0.3 is 6.03 Å². The van der Waals surface area contributed by atoms with Crippen molar-refractivity contribution in [3.8, 4) is 33.8 Å². The number of hydrogen-bond acceptors (Lipinski definition) is 6. The summed E-state index contributed by atoms with van der Waals surface area (Å²) in [6, 6.07) is 15.4. The van der Waals surface area contributed by atoms with E-state index in [4.69, 9.17) is 10.8 Å². The SMILES string of the molecule is CN(C)C(=O)Nc1cncc(-c2cnc3[nH]nc(-c4nc5c(-c6cccc(F)c6)cccc5n4N)c3c2)c1. The molecule has 2 aromatic carbocycles. The van der Waals surface area contributed by atoms with Crippen molar-refractivity contribution in [1.82, 2.24) is 34.7 Å². The maximum Gasteiger partial charge on any atom is 0.321 e. The number of fused-ring (bicyclic) bond motifs is 2. The summed E-state index contributed by atoms with van der Waals surface area (Å²) in [6.45, 7) is 0. The lowest BCUT2D eigenvalue weighted by Gasteiger charge is -2.12. The number of aromatic nitrogens is 6. The summed E-state index contributed by atoms with van der Waals surface area (Å²) in [7, 11) is 3.33. The van der Waals surface area contributed by atoms with Crippen LogP contribution >= 0.6 is 0 Å². The molecule has 0 atom stereocenters. The molecule has 2 amide bonds. The minimum atomic E-state index is -0.330. The largest absolute Gasteiger partial charge is 0.337 e. The van der Waals surface area contributed by atoms with E-state index in [2.05, 4.69) is 25.5 Å². The van der Waals surface area contributed by atoms with Crippen molar-refractivity contribution < 1.29 is 9.18 Å². The number of nitrogens with zero attached hydrogens (tertiary/aromatic N) is 6. The molecule has 0 radical (unpaired) electrons. The number of carbonyl (C=O) groups excluding carboxylic acids is 1. The van der Waals surface area contributed by atoms with Crippen molar-refractivity contribution in [2.75, 3.05) is 25.3 Å². The summed E-state index contributed by atoms with van der Waals surface area (Å²) in [4.78, 5) is 27.1. The molecular formula is C27H22FN9O. The number of carbonyl (C=O) groups is 1. The second-order valence-corrected chi connectivity index (χ2v) is 8.97. The van der Waals surface area contributed by atoms with Crippen LogP contribution in [0.5, 0.6) is 0 Å². The zero-order valence-corrected chi connectivity index (χ0v) is 20.5. The van der Waals surface area contributed by atoms with Crippen molar-refractivity contribution >= 4 is 33.8 Å². The molecule has 6 rings (SSSR count). The second kappa shape index (κ2) is 8.96. The van der Waals surface area contributed by atoms with Gasteiger partial charge < -0.3 is 16.1 Å². The molecule has 38 heavy (non-hydrogen) atoms. The van der Waals surface area contributed by atoms with Gasteiger partial charge in [0.25, 0.3) is 0 Å². The van der Waals surface area contributed by atoms with Crippen LogP contribution in [0.3, 0.4) is 0 Å². The number of urea groups is 1. The Morgan fingerprint density at radius 1 is 1.03 bits per heavy atom. The van der Waals surface area contributed by atoms with Crippen LogP contribution in [0, 0.1) is 5.82 Å². The first-order valence-corrected chi connectivity index (χ1v) is 11.7. The molecule has 4 heterocycles. The van der Waals surface area contributed by atoms with Crippen LogP contribution in [0.25, 0.3) is 55.8 Å². The number of imidazole rings is 1. The predicted octanol–water partition coefficient (Wildman–Crippen LogP) is 4.65. The number of rotatable bonds is 4. The fourth-order valence-electron chi connectivity index (χ4n) is 4.31. The molecule has 0 aliphatic carbocycles. The summed E-state index contributed by atoms with van der Waals surface area (Å²) in [5.41, 5.74) is 5.93. The number of benzene rings is 2. The van der Waals surface area contributed by atoms with Gasteiger partial charge in [-0.25, -0.2) is 23.8 Å². The number of amides is 2. The maximum atomic E-state index is 13.9. The molecule has 6 aromatic rings. The molecular weight excluding hydrogens is 485 g/mol. The van der Waals surface area contributed by atoms with Crippen LogP contribution in [0.15, 0.2) is 73.2 Å². The highest BCUT2D eigenvalue weighted by molar-refractivity contribution is 5.98. The zero-order chi connectivity index (χ0) is 26.4. The first-order chi connectivity index (χ1) is 18.4. The Hall–Kier alpha value is -5.32. The Bertz CT molecular complexity index is 1840. The first kappa shape index (κ1) is 23.1. The van der Waals surface area contributed by atoms with Crippen molar-refractivity contribution in [2.45, 2.75) is 0 Å². The van der Waals surface area contributed by atoms with E-state index in [0.717, 1.165) is 16.7 Å². The average molecular weight is 508 g/mol. The normalized spacial score (nSPS) is 11.2. The van der Waals surface area contributed by atoms with Gasteiger partial charge in [0.15, 0.2) is 11.5 Å². The molecule has 0 aliphatic heterocycles. The molecule has 10 nitrogen and oxygen atoms in total. The van der Waals surface area contributed by atoms with Crippen molar-refractivity contribution in [2.24, 2.45) is 0 Å². The van der Waals surface area contributed by atoms with Gasteiger partial charge in [-0.3, -0.25) is 10.1 Å². The van der Waals surface area contributed by atoms with Gasteiger partial charge in [-0.1, -0.05) is 24.3 Å².